The van der Waals surface area contributed by atoms with Crippen molar-refractivity contribution in [3.05, 3.63) is 70.1 Å². The SMILES string of the molecule is NC(c1ncc(Cl)cc1Cl)c1cccc2cccnc12. The summed E-state index contributed by atoms with van der Waals surface area (Å²) in [6, 6.07) is 11.0. The van der Waals surface area contributed by atoms with Gasteiger partial charge in [0, 0.05) is 23.3 Å². The molecule has 3 rings (SSSR count). The van der Waals surface area contributed by atoms with Gasteiger partial charge >= 0.3 is 0 Å². The molecule has 0 saturated carbocycles. The molecule has 0 aliphatic rings. The largest absolute Gasteiger partial charge is 0.319 e. The van der Waals surface area contributed by atoms with Crippen molar-refractivity contribution >= 4 is 34.1 Å². The molecule has 2 N–H and O–H groups in total. The highest BCUT2D eigenvalue weighted by Crippen LogP contribution is 2.29. The zero-order valence-electron chi connectivity index (χ0n) is 10.4. The van der Waals surface area contributed by atoms with Crippen molar-refractivity contribution in [3.8, 4) is 0 Å². The number of benzene rings is 1. The van der Waals surface area contributed by atoms with Crippen molar-refractivity contribution in [2.24, 2.45) is 5.73 Å². The third kappa shape index (κ3) is 2.36. The highest BCUT2D eigenvalue weighted by atomic mass is 35.5. The Kier molecular flexibility index (Phi) is 3.57. The number of pyridine rings is 2. The fraction of sp³-hybridized carbons (Fsp3) is 0.0667. The topological polar surface area (TPSA) is 51.8 Å². The third-order valence-electron chi connectivity index (χ3n) is 3.13. The molecule has 5 heteroatoms. The molecule has 100 valence electrons. The van der Waals surface area contributed by atoms with Crippen LogP contribution in [0.3, 0.4) is 0 Å². The van der Waals surface area contributed by atoms with Crippen LogP contribution in [0.15, 0.2) is 48.8 Å². The van der Waals surface area contributed by atoms with E-state index in [1.165, 1.54) is 0 Å². The van der Waals surface area contributed by atoms with E-state index in [0.29, 0.717) is 15.7 Å². The minimum atomic E-state index is -0.446. The van der Waals surface area contributed by atoms with Crippen LogP contribution in [0.1, 0.15) is 17.3 Å². The molecule has 0 radical (unpaired) electrons. The van der Waals surface area contributed by atoms with Crippen molar-refractivity contribution < 1.29 is 0 Å². The van der Waals surface area contributed by atoms with Crippen LogP contribution in [0.25, 0.3) is 10.9 Å². The summed E-state index contributed by atoms with van der Waals surface area (Å²) in [5, 5.41) is 1.98. The summed E-state index contributed by atoms with van der Waals surface area (Å²) in [7, 11) is 0. The Balaban J connectivity index is 2.15. The monoisotopic (exact) mass is 303 g/mol. The molecular formula is C15H11Cl2N3. The van der Waals surface area contributed by atoms with E-state index in [0.717, 1.165) is 16.5 Å². The lowest BCUT2D eigenvalue weighted by Crippen LogP contribution is -2.15. The average Bonchev–Trinajstić information content (AvgIpc) is 2.46. The van der Waals surface area contributed by atoms with Crippen LogP contribution in [0.4, 0.5) is 0 Å². The van der Waals surface area contributed by atoms with Gasteiger partial charge in [-0.05, 0) is 12.1 Å². The van der Waals surface area contributed by atoms with E-state index < -0.39 is 6.04 Å². The van der Waals surface area contributed by atoms with E-state index in [-0.39, 0.29) is 0 Å². The Morgan fingerprint density at radius 2 is 1.85 bits per heavy atom. The molecule has 3 nitrogen and oxygen atoms in total. The number of hydrogen-bond donors (Lipinski definition) is 1. The van der Waals surface area contributed by atoms with Crippen LogP contribution in [0.2, 0.25) is 10.0 Å². The molecule has 0 spiro atoms. The number of rotatable bonds is 2. The number of nitrogens with zero attached hydrogens (tertiary/aromatic N) is 2. The van der Waals surface area contributed by atoms with Gasteiger partial charge in [0.15, 0.2) is 0 Å². The van der Waals surface area contributed by atoms with E-state index in [1.54, 1.807) is 18.5 Å². The van der Waals surface area contributed by atoms with Crippen LogP contribution in [-0.2, 0) is 0 Å². The number of aromatic nitrogens is 2. The zero-order valence-corrected chi connectivity index (χ0v) is 11.9. The molecule has 1 unspecified atom stereocenters. The summed E-state index contributed by atoms with van der Waals surface area (Å²) in [5.41, 5.74) is 8.64. The Labute approximate surface area is 126 Å². The van der Waals surface area contributed by atoms with Crippen molar-refractivity contribution in [3.63, 3.8) is 0 Å². The highest BCUT2D eigenvalue weighted by Gasteiger charge is 2.17. The summed E-state index contributed by atoms with van der Waals surface area (Å²) in [6.45, 7) is 0. The Morgan fingerprint density at radius 1 is 1.05 bits per heavy atom. The maximum atomic E-state index is 6.30. The van der Waals surface area contributed by atoms with E-state index in [2.05, 4.69) is 9.97 Å². The third-order valence-corrected chi connectivity index (χ3v) is 3.64. The normalized spacial score (nSPS) is 12.6. The minimum absolute atomic E-state index is 0.446. The van der Waals surface area contributed by atoms with Gasteiger partial charge in [0.25, 0.3) is 0 Å². The Morgan fingerprint density at radius 3 is 2.65 bits per heavy atom. The van der Waals surface area contributed by atoms with Gasteiger partial charge in [-0.3, -0.25) is 9.97 Å². The smallest absolute Gasteiger partial charge is 0.0804 e. The van der Waals surface area contributed by atoms with Crippen LogP contribution in [-0.4, -0.2) is 9.97 Å². The van der Waals surface area contributed by atoms with Gasteiger partial charge in [-0.25, -0.2) is 0 Å². The second-order valence-electron chi connectivity index (χ2n) is 4.42. The average molecular weight is 304 g/mol. The van der Waals surface area contributed by atoms with Gasteiger partial charge in [-0.1, -0.05) is 47.5 Å². The molecule has 3 aromatic rings. The number of para-hydroxylation sites is 1. The molecule has 2 aromatic heterocycles. The summed E-state index contributed by atoms with van der Waals surface area (Å²) in [4.78, 5) is 8.64. The first kappa shape index (κ1) is 13.3. The molecule has 0 fully saturated rings. The molecule has 0 amide bonds. The molecule has 2 heterocycles. The highest BCUT2D eigenvalue weighted by molar-refractivity contribution is 6.34. The van der Waals surface area contributed by atoms with Crippen molar-refractivity contribution in [1.29, 1.82) is 0 Å². The Hall–Kier alpha value is -1.68. The Bertz CT molecular complexity index is 769. The molecular weight excluding hydrogens is 293 g/mol. The maximum absolute atomic E-state index is 6.30. The fourth-order valence-electron chi connectivity index (χ4n) is 2.18. The van der Waals surface area contributed by atoms with Crippen LogP contribution >= 0.6 is 23.2 Å². The van der Waals surface area contributed by atoms with Gasteiger partial charge in [0.2, 0.25) is 0 Å². The zero-order chi connectivity index (χ0) is 14.1. The lowest BCUT2D eigenvalue weighted by Gasteiger charge is -2.15. The van der Waals surface area contributed by atoms with Gasteiger partial charge in [-0.2, -0.15) is 0 Å². The van der Waals surface area contributed by atoms with Gasteiger partial charge in [-0.15, -0.1) is 0 Å². The first-order chi connectivity index (χ1) is 9.66. The second kappa shape index (κ2) is 5.37. The lowest BCUT2D eigenvalue weighted by molar-refractivity contribution is 0.834. The van der Waals surface area contributed by atoms with E-state index in [4.69, 9.17) is 28.9 Å². The molecule has 1 aromatic carbocycles. The molecule has 0 aliphatic carbocycles. The van der Waals surface area contributed by atoms with Gasteiger partial charge < -0.3 is 5.73 Å². The van der Waals surface area contributed by atoms with Crippen LogP contribution < -0.4 is 5.73 Å². The standard InChI is InChI=1S/C15H11Cl2N3/c16-10-7-12(17)15(20-8-10)13(18)11-5-1-3-9-4-2-6-19-14(9)11/h1-8,13H,18H2. The van der Waals surface area contributed by atoms with E-state index in [9.17, 15) is 0 Å². The van der Waals surface area contributed by atoms with Crippen LogP contribution in [0.5, 0.6) is 0 Å². The second-order valence-corrected chi connectivity index (χ2v) is 5.26. The molecule has 0 saturated heterocycles. The number of fused-ring (bicyclic) bond motifs is 1. The molecule has 20 heavy (non-hydrogen) atoms. The minimum Gasteiger partial charge on any atom is -0.319 e. The predicted octanol–water partition coefficient (Wildman–Crippen LogP) is 3.98. The number of nitrogens with two attached hydrogens (primary N) is 1. The lowest BCUT2D eigenvalue weighted by atomic mass is 10.0. The summed E-state index contributed by atoms with van der Waals surface area (Å²) < 4.78 is 0. The van der Waals surface area contributed by atoms with E-state index >= 15 is 0 Å². The maximum Gasteiger partial charge on any atom is 0.0804 e. The summed E-state index contributed by atoms with van der Waals surface area (Å²) >= 11 is 12.0. The van der Waals surface area contributed by atoms with Crippen molar-refractivity contribution in [1.82, 2.24) is 9.97 Å². The van der Waals surface area contributed by atoms with Crippen molar-refractivity contribution in [2.45, 2.75) is 6.04 Å². The predicted molar refractivity (Wildman–Crippen MR) is 82.0 cm³/mol. The molecule has 0 bridgehead atoms. The molecule has 1 atom stereocenters. The number of halogens is 2. The first-order valence-electron chi connectivity index (χ1n) is 6.07. The molecule has 0 aliphatic heterocycles. The fourth-order valence-corrected chi connectivity index (χ4v) is 2.68. The summed E-state index contributed by atoms with van der Waals surface area (Å²) in [6.07, 6.45) is 3.29. The van der Waals surface area contributed by atoms with Crippen LogP contribution in [0, 0.1) is 0 Å². The summed E-state index contributed by atoms with van der Waals surface area (Å²) in [5.74, 6) is 0. The quantitative estimate of drug-likeness (QED) is 0.779. The van der Waals surface area contributed by atoms with Gasteiger partial charge in [0.1, 0.15) is 0 Å². The first-order valence-corrected chi connectivity index (χ1v) is 6.82. The van der Waals surface area contributed by atoms with Crippen molar-refractivity contribution in [2.75, 3.05) is 0 Å². The number of hydrogen-bond acceptors (Lipinski definition) is 3. The van der Waals surface area contributed by atoms with E-state index in [1.807, 2.05) is 30.3 Å². The van der Waals surface area contributed by atoms with Gasteiger partial charge in [0.05, 0.1) is 27.3 Å².